The van der Waals surface area contributed by atoms with Crippen molar-refractivity contribution in [2.24, 2.45) is 16.1 Å². The normalized spacial score (nSPS) is 16.7. The minimum atomic E-state index is 0.303. The largest absolute Gasteiger partial charge is 0.346 e. The molecule has 1 N–H and O–H groups in total. The molecule has 5 rings (SSSR count). The summed E-state index contributed by atoms with van der Waals surface area (Å²) in [6.45, 7) is 3.81. The minimum Gasteiger partial charge on any atom is -0.346 e. The zero-order valence-corrected chi connectivity index (χ0v) is 15.2. The van der Waals surface area contributed by atoms with Crippen molar-refractivity contribution in [3.05, 3.63) is 59.9 Å². The topological polar surface area (TPSA) is 73.7 Å². The van der Waals surface area contributed by atoms with Gasteiger partial charge in [-0.3, -0.25) is 4.90 Å². The van der Waals surface area contributed by atoms with E-state index in [9.17, 15) is 4.79 Å². The quantitative estimate of drug-likeness (QED) is 0.709. The molecule has 0 radical (unpaired) electrons. The fourth-order valence-corrected chi connectivity index (χ4v) is 3.58. The zero-order valence-electron chi connectivity index (χ0n) is 15.2. The van der Waals surface area contributed by atoms with E-state index in [1.54, 1.807) is 6.20 Å². The van der Waals surface area contributed by atoms with Gasteiger partial charge >= 0.3 is 0 Å². The SMILES string of the molecule is O=CC1CCN(Cc2ccccc2)CC1.c1cc2c3c(cnc2[nH]1)N=NC3. The van der Waals surface area contributed by atoms with Crippen LogP contribution >= 0.6 is 0 Å². The highest BCUT2D eigenvalue weighted by Gasteiger charge is 2.18. The van der Waals surface area contributed by atoms with Gasteiger partial charge in [0, 0.05) is 29.6 Å². The first kappa shape index (κ1) is 17.5. The lowest BCUT2D eigenvalue weighted by Gasteiger charge is -2.29. The van der Waals surface area contributed by atoms with E-state index in [1.165, 1.54) is 11.1 Å². The van der Waals surface area contributed by atoms with Gasteiger partial charge in [-0.1, -0.05) is 30.3 Å². The first-order chi connectivity index (χ1) is 13.3. The van der Waals surface area contributed by atoms with Gasteiger partial charge in [0.1, 0.15) is 17.6 Å². The molecule has 27 heavy (non-hydrogen) atoms. The number of carbonyl (C=O) groups excluding carboxylic acids is 1. The van der Waals surface area contributed by atoms with Crippen LogP contribution in [0.5, 0.6) is 0 Å². The number of hydrogen-bond acceptors (Lipinski definition) is 5. The number of H-pyrrole nitrogens is 1. The van der Waals surface area contributed by atoms with Gasteiger partial charge in [-0.05, 0) is 37.6 Å². The lowest BCUT2D eigenvalue weighted by molar-refractivity contribution is -0.112. The Morgan fingerprint density at radius 3 is 2.74 bits per heavy atom. The van der Waals surface area contributed by atoms with Gasteiger partial charge in [-0.2, -0.15) is 10.2 Å². The number of aromatic nitrogens is 2. The van der Waals surface area contributed by atoms with Crippen molar-refractivity contribution in [1.29, 1.82) is 0 Å². The number of benzene rings is 1. The number of nitrogens with one attached hydrogen (secondary N) is 1. The molecular formula is C21H23N5O. The van der Waals surface area contributed by atoms with Gasteiger partial charge in [0.15, 0.2) is 0 Å². The van der Waals surface area contributed by atoms with Crippen LogP contribution in [0.15, 0.2) is 59.0 Å². The molecule has 4 heterocycles. The minimum absolute atomic E-state index is 0.303. The maximum Gasteiger partial charge on any atom is 0.137 e. The van der Waals surface area contributed by atoms with Crippen LogP contribution in [-0.2, 0) is 17.9 Å². The van der Waals surface area contributed by atoms with E-state index in [-0.39, 0.29) is 0 Å². The first-order valence-corrected chi connectivity index (χ1v) is 9.37. The Hall–Kier alpha value is -2.86. The lowest BCUT2D eigenvalue weighted by atomic mass is 9.98. The number of aldehydes is 1. The molecule has 0 aliphatic carbocycles. The Morgan fingerprint density at radius 2 is 1.96 bits per heavy atom. The third kappa shape index (κ3) is 4.11. The predicted molar refractivity (Wildman–Crippen MR) is 105 cm³/mol. The van der Waals surface area contributed by atoms with E-state index in [1.807, 2.05) is 18.3 Å². The van der Waals surface area contributed by atoms with Crippen molar-refractivity contribution in [1.82, 2.24) is 14.9 Å². The lowest BCUT2D eigenvalue weighted by Crippen LogP contribution is -2.33. The molecule has 0 saturated carbocycles. The molecule has 6 heteroatoms. The molecule has 0 bridgehead atoms. The summed E-state index contributed by atoms with van der Waals surface area (Å²) in [6.07, 6.45) is 6.80. The molecule has 0 amide bonds. The summed E-state index contributed by atoms with van der Waals surface area (Å²) in [5.41, 5.74) is 4.37. The molecule has 3 aromatic rings. The zero-order chi connectivity index (χ0) is 18.5. The molecular weight excluding hydrogens is 338 g/mol. The molecule has 0 unspecified atom stereocenters. The number of rotatable bonds is 3. The van der Waals surface area contributed by atoms with Crippen molar-refractivity contribution < 1.29 is 4.79 Å². The molecule has 0 spiro atoms. The van der Waals surface area contributed by atoms with Crippen molar-refractivity contribution in [3.63, 3.8) is 0 Å². The molecule has 2 aliphatic heterocycles. The van der Waals surface area contributed by atoms with Crippen molar-refractivity contribution in [3.8, 4) is 0 Å². The van der Waals surface area contributed by atoms with E-state index in [0.29, 0.717) is 12.5 Å². The predicted octanol–water partition coefficient (Wildman–Crippen LogP) is 4.26. The standard InChI is InChI=1S/C13H17NO.C8H6N4/c15-11-13-6-8-14(9-7-13)10-12-4-2-1-3-5-12;1-2-9-8-5(1)6-3-11-12-7(6)4-10-8/h1-5,11,13H,6-10H2;1-2,4H,3H2,(H,9,10). The van der Waals surface area contributed by atoms with Crippen LogP contribution in [0.1, 0.15) is 24.0 Å². The highest BCUT2D eigenvalue weighted by atomic mass is 16.1. The van der Waals surface area contributed by atoms with Crippen molar-refractivity contribution in [2.75, 3.05) is 13.1 Å². The summed E-state index contributed by atoms with van der Waals surface area (Å²) in [7, 11) is 0. The van der Waals surface area contributed by atoms with E-state index in [0.717, 1.165) is 55.5 Å². The number of likely N-dealkylation sites (tertiary alicyclic amines) is 1. The van der Waals surface area contributed by atoms with Crippen LogP contribution in [0, 0.1) is 5.92 Å². The summed E-state index contributed by atoms with van der Waals surface area (Å²) in [5, 5.41) is 9.07. The Balaban J connectivity index is 0.000000136. The molecule has 0 atom stereocenters. The van der Waals surface area contributed by atoms with E-state index >= 15 is 0 Å². The van der Waals surface area contributed by atoms with Gasteiger partial charge in [0.05, 0.1) is 12.7 Å². The number of aromatic amines is 1. The Morgan fingerprint density at radius 1 is 1.15 bits per heavy atom. The highest BCUT2D eigenvalue weighted by molar-refractivity contribution is 5.83. The van der Waals surface area contributed by atoms with Gasteiger partial charge in [0.25, 0.3) is 0 Å². The summed E-state index contributed by atoms with van der Waals surface area (Å²) in [4.78, 5) is 20.3. The smallest absolute Gasteiger partial charge is 0.137 e. The monoisotopic (exact) mass is 361 g/mol. The van der Waals surface area contributed by atoms with E-state index in [4.69, 9.17) is 0 Å². The second kappa shape index (κ2) is 8.22. The fourth-order valence-electron chi connectivity index (χ4n) is 3.58. The molecule has 1 saturated heterocycles. The summed E-state index contributed by atoms with van der Waals surface area (Å²) in [5.74, 6) is 0.303. The van der Waals surface area contributed by atoms with Crippen LogP contribution in [-0.4, -0.2) is 34.2 Å². The summed E-state index contributed by atoms with van der Waals surface area (Å²) >= 11 is 0. The summed E-state index contributed by atoms with van der Waals surface area (Å²) in [6, 6.07) is 12.5. The van der Waals surface area contributed by atoms with E-state index < -0.39 is 0 Å². The Kier molecular flexibility index (Phi) is 5.34. The third-order valence-corrected chi connectivity index (χ3v) is 5.16. The first-order valence-electron chi connectivity index (χ1n) is 9.37. The van der Waals surface area contributed by atoms with Crippen LogP contribution in [0.2, 0.25) is 0 Å². The van der Waals surface area contributed by atoms with Gasteiger partial charge in [-0.25, -0.2) is 4.98 Å². The Labute approximate surface area is 158 Å². The van der Waals surface area contributed by atoms with Gasteiger partial charge in [0.2, 0.25) is 0 Å². The second-order valence-corrected chi connectivity index (χ2v) is 7.00. The van der Waals surface area contributed by atoms with E-state index in [2.05, 4.69) is 49.4 Å². The molecule has 138 valence electrons. The number of pyridine rings is 1. The van der Waals surface area contributed by atoms with Crippen molar-refractivity contribution >= 4 is 23.0 Å². The number of nitrogens with zero attached hydrogens (tertiary/aromatic N) is 4. The van der Waals surface area contributed by atoms with Crippen molar-refractivity contribution in [2.45, 2.75) is 25.9 Å². The number of carbonyl (C=O) groups is 1. The number of azo groups is 1. The average molecular weight is 361 g/mol. The number of fused-ring (bicyclic) bond motifs is 3. The van der Waals surface area contributed by atoms with Gasteiger partial charge < -0.3 is 9.78 Å². The average Bonchev–Trinajstić information content (AvgIpc) is 3.38. The molecule has 1 aromatic carbocycles. The van der Waals surface area contributed by atoms with Gasteiger partial charge in [-0.15, -0.1) is 0 Å². The third-order valence-electron chi connectivity index (χ3n) is 5.16. The highest BCUT2D eigenvalue weighted by Crippen LogP contribution is 2.31. The van der Waals surface area contributed by atoms with Crippen LogP contribution < -0.4 is 0 Å². The Bertz CT molecular complexity index is 926. The fraction of sp³-hybridized carbons (Fsp3) is 0.333. The van der Waals surface area contributed by atoms with Crippen LogP contribution in [0.3, 0.4) is 0 Å². The molecule has 2 aromatic heterocycles. The molecule has 2 aliphatic rings. The maximum atomic E-state index is 10.6. The maximum absolute atomic E-state index is 10.6. The van der Waals surface area contributed by atoms with Crippen LogP contribution in [0.25, 0.3) is 11.0 Å². The number of piperidine rings is 1. The molecule has 6 nitrogen and oxygen atoms in total. The molecule has 1 fully saturated rings. The summed E-state index contributed by atoms with van der Waals surface area (Å²) < 4.78 is 0. The number of hydrogen-bond donors (Lipinski definition) is 1. The van der Waals surface area contributed by atoms with Crippen LogP contribution in [0.4, 0.5) is 5.69 Å². The second-order valence-electron chi connectivity index (χ2n) is 7.00.